The van der Waals surface area contributed by atoms with Gasteiger partial charge in [0.05, 0.1) is 23.2 Å². The maximum atomic E-state index is 11.8. The van der Waals surface area contributed by atoms with Crippen molar-refractivity contribution >= 4 is 28.8 Å². The van der Waals surface area contributed by atoms with Gasteiger partial charge in [0.15, 0.2) is 0 Å². The summed E-state index contributed by atoms with van der Waals surface area (Å²) in [5.74, 6) is -1.40. The number of thiazole rings is 1. The van der Waals surface area contributed by atoms with E-state index in [-0.39, 0.29) is 0 Å². The van der Waals surface area contributed by atoms with Crippen LogP contribution in [0.15, 0.2) is 29.6 Å². The molecule has 7 heteroatoms. The first-order chi connectivity index (χ1) is 11.1. The molecule has 23 heavy (non-hydrogen) atoms. The van der Waals surface area contributed by atoms with Gasteiger partial charge >= 0.3 is 11.8 Å². The SMILES string of the molecule is Cc1nc(CCNC(=O)C(=O)Nc2ccc(CC#N)cc2)cs1. The van der Waals surface area contributed by atoms with Crippen molar-refractivity contribution in [1.29, 1.82) is 5.26 Å². The number of anilines is 1. The van der Waals surface area contributed by atoms with Gasteiger partial charge in [-0.15, -0.1) is 11.3 Å². The number of rotatable bonds is 5. The van der Waals surface area contributed by atoms with Crippen molar-refractivity contribution in [2.24, 2.45) is 0 Å². The molecular weight excluding hydrogens is 312 g/mol. The number of carbonyl (C=O) groups excluding carboxylic acids is 2. The number of aryl methyl sites for hydroxylation is 1. The number of nitrogens with one attached hydrogen (secondary N) is 2. The molecule has 0 aliphatic rings. The zero-order chi connectivity index (χ0) is 16.7. The average Bonchev–Trinajstić information content (AvgIpc) is 2.95. The molecule has 2 amide bonds. The van der Waals surface area contributed by atoms with Gasteiger partial charge in [0.25, 0.3) is 0 Å². The van der Waals surface area contributed by atoms with Crippen LogP contribution in [0.4, 0.5) is 5.69 Å². The van der Waals surface area contributed by atoms with Crippen molar-refractivity contribution in [1.82, 2.24) is 10.3 Å². The predicted molar refractivity (Wildman–Crippen MR) is 88.0 cm³/mol. The third kappa shape index (κ3) is 5.20. The average molecular weight is 328 g/mol. The minimum Gasteiger partial charge on any atom is -0.347 e. The van der Waals surface area contributed by atoms with E-state index >= 15 is 0 Å². The minimum atomic E-state index is -0.715. The number of nitrogens with zero attached hydrogens (tertiary/aromatic N) is 2. The van der Waals surface area contributed by atoms with Crippen molar-refractivity contribution in [3.8, 4) is 6.07 Å². The summed E-state index contributed by atoms with van der Waals surface area (Å²) >= 11 is 1.55. The van der Waals surface area contributed by atoms with E-state index < -0.39 is 11.8 Å². The molecule has 0 fully saturated rings. The van der Waals surface area contributed by atoms with Crippen LogP contribution in [0, 0.1) is 18.3 Å². The van der Waals surface area contributed by atoms with E-state index in [9.17, 15) is 9.59 Å². The maximum Gasteiger partial charge on any atom is 0.313 e. The molecule has 0 bridgehead atoms. The Balaban J connectivity index is 1.78. The molecule has 2 aromatic rings. The Morgan fingerprint density at radius 3 is 2.61 bits per heavy atom. The van der Waals surface area contributed by atoms with Crippen LogP contribution in [0.2, 0.25) is 0 Å². The summed E-state index contributed by atoms with van der Waals surface area (Å²) in [4.78, 5) is 27.8. The van der Waals surface area contributed by atoms with E-state index in [0.29, 0.717) is 25.1 Å². The van der Waals surface area contributed by atoms with Gasteiger partial charge in [-0.1, -0.05) is 12.1 Å². The zero-order valence-electron chi connectivity index (χ0n) is 12.6. The van der Waals surface area contributed by atoms with Crippen molar-refractivity contribution in [2.75, 3.05) is 11.9 Å². The maximum absolute atomic E-state index is 11.8. The summed E-state index contributed by atoms with van der Waals surface area (Å²) in [6.07, 6.45) is 0.900. The Labute approximate surface area is 138 Å². The van der Waals surface area contributed by atoms with E-state index in [0.717, 1.165) is 16.3 Å². The molecular formula is C16H16N4O2S. The number of hydrogen-bond acceptors (Lipinski definition) is 5. The molecule has 1 aromatic heterocycles. The van der Waals surface area contributed by atoms with Gasteiger partial charge in [0.2, 0.25) is 0 Å². The van der Waals surface area contributed by atoms with E-state index in [1.807, 2.05) is 18.4 Å². The van der Waals surface area contributed by atoms with Crippen molar-refractivity contribution in [3.05, 3.63) is 45.9 Å². The van der Waals surface area contributed by atoms with Gasteiger partial charge in [0, 0.05) is 24.0 Å². The lowest BCUT2D eigenvalue weighted by molar-refractivity contribution is -0.136. The topological polar surface area (TPSA) is 94.9 Å². The second-order valence-electron chi connectivity index (χ2n) is 4.85. The summed E-state index contributed by atoms with van der Waals surface area (Å²) in [5, 5.41) is 16.6. The Bertz CT molecular complexity index is 731. The van der Waals surface area contributed by atoms with Gasteiger partial charge in [-0.2, -0.15) is 5.26 Å². The highest BCUT2D eigenvalue weighted by Gasteiger charge is 2.13. The lowest BCUT2D eigenvalue weighted by Gasteiger charge is -2.06. The second-order valence-corrected chi connectivity index (χ2v) is 5.91. The lowest BCUT2D eigenvalue weighted by Crippen LogP contribution is -2.36. The molecule has 0 aliphatic heterocycles. The zero-order valence-corrected chi connectivity index (χ0v) is 13.4. The molecule has 0 unspecified atom stereocenters. The first kappa shape index (κ1) is 16.6. The number of benzene rings is 1. The van der Waals surface area contributed by atoms with Crippen LogP contribution in [-0.4, -0.2) is 23.3 Å². The normalized spacial score (nSPS) is 9.91. The number of nitriles is 1. The summed E-state index contributed by atoms with van der Waals surface area (Å²) in [5.41, 5.74) is 2.27. The first-order valence-corrected chi connectivity index (χ1v) is 7.92. The molecule has 0 saturated heterocycles. The lowest BCUT2D eigenvalue weighted by atomic mass is 10.1. The number of hydrogen-bond donors (Lipinski definition) is 2. The van der Waals surface area contributed by atoms with Crippen LogP contribution in [0.3, 0.4) is 0 Å². The molecule has 6 nitrogen and oxygen atoms in total. The summed E-state index contributed by atoms with van der Waals surface area (Å²) in [6, 6.07) is 8.84. The molecule has 1 aromatic carbocycles. The molecule has 1 heterocycles. The van der Waals surface area contributed by atoms with Crippen LogP contribution in [0.25, 0.3) is 0 Å². The highest BCUT2D eigenvalue weighted by Crippen LogP contribution is 2.10. The van der Waals surface area contributed by atoms with Crippen LogP contribution < -0.4 is 10.6 Å². The fraction of sp³-hybridized carbons (Fsp3) is 0.250. The van der Waals surface area contributed by atoms with Gasteiger partial charge in [0.1, 0.15) is 0 Å². The fourth-order valence-corrected chi connectivity index (χ4v) is 2.54. The van der Waals surface area contributed by atoms with E-state index in [1.54, 1.807) is 35.6 Å². The van der Waals surface area contributed by atoms with Crippen LogP contribution in [0.1, 0.15) is 16.3 Å². The number of carbonyl (C=O) groups is 2. The van der Waals surface area contributed by atoms with E-state index in [2.05, 4.69) is 15.6 Å². The monoisotopic (exact) mass is 328 g/mol. The number of aromatic nitrogens is 1. The predicted octanol–water partition coefficient (Wildman–Crippen LogP) is 1.81. The molecule has 0 radical (unpaired) electrons. The largest absolute Gasteiger partial charge is 0.347 e. The van der Waals surface area contributed by atoms with Gasteiger partial charge < -0.3 is 10.6 Å². The van der Waals surface area contributed by atoms with Gasteiger partial charge in [-0.25, -0.2) is 4.98 Å². The third-order valence-corrected chi connectivity index (χ3v) is 3.86. The molecule has 2 rings (SSSR count). The molecule has 0 saturated carbocycles. The van der Waals surface area contributed by atoms with E-state index in [1.165, 1.54) is 0 Å². The smallest absolute Gasteiger partial charge is 0.313 e. The quantitative estimate of drug-likeness (QED) is 0.818. The van der Waals surface area contributed by atoms with Gasteiger partial charge in [-0.3, -0.25) is 9.59 Å². The minimum absolute atomic E-state index is 0.310. The summed E-state index contributed by atoms with van der Waals surface area (Å²) in [7, 11) is 0. The summed E-state index contributed by atoms with van der Waals surface area (Å²) < 4.78 is 0. The van der Waals surface area contributed by atoms with Crippen molar-refractivity contribution in [2.45, 2.75) is 19.8 Å². The Morgan fingerprint density at radius 2 is 2.00 bits per heavy atom. The van der Waals surface area contributed by atoms with Crippen LogP contribution >= 0.6 is 11.3 Å². The summed E-state index contributed by atoms with van der Waals surface area (Å²) in [6.45, 7) is 2.28. The van der Waals surface area contributed by atoms with Crippen molar-refractivity contribution in [3.63, 3.8) is 0 Å². The highest BCUT2D eigenvalue weighted by molar-refractivity contribution is 7.09. The second kappa shape index (κ2) is 8.06. The molecule has 0 spiro atoms. The van der Waals surface area contributed by atoms with E-state index in [4.69, 9.17) is 5.26 Å². The van der Waals surface area contributed by atoms with Crippen molar-refractivity contribution < 1.29 is 9.59 Å². The third-order valence-electron chi connectivity index (χ3n) is 3.03. The Hall–Kier alpha value is -2.72. The number of amides is 2. The molecule has 0 aliphatic carbocycles. The van der Waals surface area contributed by atoms with Crippen LogP contribution in [0.5, 0.6) is 0 Å². The highest BCUT2D eigenvalue weighted by atomic mass is 32.1. The fourth-order valence-electron chi connectivity index (χ4n) is 1.89. The Kier molecular flexibility index (Phi) is 5.83. The van der Waals surface area contributed by atoms with Gasteiger partial charge in [-0.05, 0) is 24.6 Å². The Morgan fingerprint density at radius 1 is 1.26 bits per heavy atom. The molecule has 0 atom stereocenters. The molecule has 118 valence electrons. The van der Waals surface area contributed by atoms with Crippen LogP contribution in [-0.2, 0) is 22.4 Å². The molecule has 2 N–H and O–H groups in total. The standard InChI is InChI=1S/C16H16N4O2S/c1-11-19-14(10-23-11)7-9-18-15(21)16(22)20-13-4-2-12(3-5-13)6-8-17/h2-5,10H,6-7,9H2,1H3,(H,18,21)(H,20,22). The first-order valence-electron chi connectivity index (χ1n) is 7.04.